The molecule has 4 atom stereocenters. The first kappa shape index (κ1) is 21.0. The molecule has 2 heterocycles. The summed E-state index contributed by atoms with van der Waals surface area (Å²) in [5.41, 5.74) is -0.0963. The molecule has 0 bridgehead atoms. The number of esters is 1. The monoisotopic (exact) mass is 393 g/mol. The van der Waals surface area contributed by atoms with Gasteiger partial charge in [-0.05, 0) is 13.8 Å². The molecule has 3 rings (SSSR count). The molecule has 1 saturated carbocycles. The van der Waals surface area contributed by atoms with Crippen LogP contribution in [-0.4, -0.2) is 57.7 Å². The summed E-state index contributed by atoms with van der Waals surface area (Å²) < 4.78 is 29.7. The second kappa shape index (κ2) is 7.02. The molecule has 10 nitrogen and oxygen atoms in total. The number of ketones is 1. The molecule has 2 aliphatic rings. The molecule has 1 aliphatic heterocycles. The Morgan fingerprint density at radius 1 is 1.46 bits per heavy atom. The maximum Gasteiger partial charge on any atom is 1.00 e. The number of fused-ring (bicyclic) bond motifs is 1. The van der Waals surface area contributed by atoms with Crippen molar-refractivity contribution in [2.24, 2.45) is 11.8 Å². The first-order chi connectivity index (χ1) is 11.6. The Morgan fingerprint density at radius 2 is 2.12 bits per heavy atom. The zero-order valence-electron chi connectivity index (χ0n) is 14.5. The minimum Gasteiger partial charge on any atom is -0.550 e. The Labute approximate surface area is 171 Å². The fourth-order valence-electron chi connectivity index (χ4n) is 3.73. The van der Waals surface area contributed by atoms with Crippen molar-refractivity contribution in [2.45, 2.75) is 36.8 Å². The van der Waals surface area contributed by atoms with Crippen molar-refractivity contribution in [1.29, 1.82) is 0 Å². The molecule has 0 radical (unpaired) electrons. The van der Waals surface area contributed by atoms with E-state index in [-0.39, 0.29) is 48.3 Å². The van der Waals surface area contributed by atoms with Gasteiger partial charge in [0, 0.05) is 24.2 Å². The van der Waals surface area contributed by atoms with Crippen molar-refractivity contribution in [3.05, 3.63) is 11.9 Å². The second-order valence-electron chi connectivity index (χ2n) is 6.39. The van der Waals surface area contributed by atoms with Crippen LogP contribution in [0.4, 0.5) is 0 Å². The van der Waals surface area contributed by atoms with E-state index in [1.54, 1.807) is 6.92 Å². The number of nitrogens with zero attached hydrogens (tertiary/aromatic N) is 3. The van der Waals surface area contributed by atoms with E-state index in [9.17, 15) is 27.9 Å². The van der Waals surface area contributed by atoms with E-state index < -0.39 is 55.9 Å². The van der Waals surface area contributed by atoms with Crippen molar-refractivity contribution in [2.75, 3.05) is 6.61 Å². The molecule has 1 aromatic rings. The van der Waals surface area contributed by atoms with Crippen molar-refractivity contribution < 1.29 is 62.2 Å². The van der Waals surface area contributed by atoms with Crippen LogP contribution in [-0.2, 0) is 30.7 Å². The molecular formula is C14H16N3NaO7S. The number of hydrogen-bond donors (Lipinski definition) is 0. The number of hydrogen-bond acceptors (Lipinski definition) is 9. The Hall–Kier alpha value is -1.30. The molecule has 1 saturated heterocycles. The third kappa shape index (κ3) is 2.81. The molecular weight excluding hydrogens is 377 g/mol. The minimum atomic E-state index is -3.97. The average molecular weight is 393 g/mol. The molecule has 2 fully saturated rings. The zero-order chi connectivity index (χ0) is 18.6. The Kier molecular flexibility index (Phi) is 5.67. The van der Waals surface area contributed by atoms with Crippen LogP contribution in [0.15, 0.2) is 6.20 Å². The normalized spacial score (nSPS) is 31.5. The van der Waals surface area contributed by atoms with Crippen molar-refractivity contribution in [3.8, 4) is 0 Å². The fraction of sp³-hybridized carbons (Fsp3) is 0.643. The Morgan fingerprint density at radius 3 is 2.65 bits per heavy atom. The predicted octanol–water partition coefficient (Wildman–Crippen LogP) is -5.03. The van der Waals surface area contributed by atoms with E-state index in [0.717, 1.165) is 10.9 Å². The number of carbonyl (C=O) groups is 3. The van der Waals surface area contributed by atoms with Gasteiger partial charge in [0.1, 0.15) is 5.78 Å². The molecule has 26 heavy (non-hydrogen) atoms. The van der Waals surface area contributed by atoms with Gasteiger partial charge in [-0.2, -0.15) is 0 Å². The summed E-state index contributed by atoms with van der Waals surface area (Å²) in [4.78, 5) is 35.3. The zero-order valence-corrected chi connectivity index (χ0v) is 17.4. The first-order valence-corrected chi connectivity index (χ1v) is 9.22. The van der Waals surface area contributed by atoms with Crippen molar-refractivity contribution in [3.63, 3.8) is 0 Å². The van der Waals surface area contributed by atoms with Crippen LogP contribution in [0, 0.1) is 11.8 Å². The van der Waals surface area contributed by atoms with Crippen molar-refractivity contribution in [1.82, 2.24) is 15.0 Å². The predicted molar refractivity (Wildman–Crippen MR) is 78.7 cm³/mol. The Bertz CT molecular complexity index is 868. The van der Waals surface area contributed by atoms with Gasteiger partial charge in [-0.1, -0.05) is 5.21 Å². The maximum atomic E-state index is 12.8. The number of aromatic nitrogens is 3. The molecule has 1 aliphatic carbocycles. The molecule has 2 unspecified atom stereocenters. The van der Waals surface area contributed by atoms with Crippen LogP contribution in [0.1, 0.15) is 30.8 Å². The number of sulfone groups is 1. The van der Waals surface area contributed by atoms with E-state index in [0.29, 0.717) is 0 Å². The van der Waals surface area contributed by atoms with Gasteiger partial charge in [0.2, 0.25) is 0 Å². The smallest absolute Gasteiger partial charge is 0.550 e. The molecule has 0 aromatic carbocycles. The number of carbonyl (C=O) groups excluding carboxylic acids is 3. The van der Waals surface area contributed by atoms with E-state index in [1.165, 1.54) is 6.92 Å². The van der Waals surface area contributed by atoms with Crippen LogP contribution in [0.3, 0.4) is 0 Å². The number of ether oxygens (including phenoxy) is 1. The first-order valence-electron chi connectivity index (χ1n) is 7.67. The number of carboxylic acid groups (broad SMARTS) is 1. The van der Waals surface area contributed by atoms with Gasteiger partial charge in [0.05, 0.1) is 29.3 Å². The summed E-state index contributed by atoms with van der Waals surface area (Å²) in [6.45, 7) is 2.50. The quantitative estimate of drug-likeness (QED) is 0.354. The van der Waals surface area contributed by atoms with Crippen molar-refractivity contribution >= 4 is 27.6 Å². The molecule has 12 heteroatoms. The third-order valence-corrected chi connectivity index (χ3v) is 8.00. The van der Waals surface area contributed by atoms with Gasteiger partial charge in [-0.3, -0.25) is 4.79 Å². The molecule has 0 amide bonds. The van der Waals surface area contributed by atoms with E-state index in [4.69, 9.17) is 4.74 Å². The number of carboxylic acids is 1. The van der Waals surface area contributed by atoms with Gasteiger partial charge < -0.3 is 14.6 Å². The van der Waals surface area contributed by atoms with E-state index >= 15 is 0 Å². The van der Waals surface area contributed by atoms with Crippen LogP contribution in [0.25, 0.3) is 0 Å². The largest absolute Gasteiger partial charge is 1.00 e. The number of Topliss-reactive ketones (excluding diaryl/α,β-unsaturated/α-hetero) is 1. The Balaban J connectivity index is 0.00000243. The van der Waals surface area contributed by atoms with Gasteiger partial charge in [0.15, 0.2) is 15.5 Å². The summed E-state index contributed by atoms with van der Waals surface area (Å²) in [7, 11) is -3.97. The van der Waals surface area contributed by atoms with E-state index in [1.807, 2.05) is 0 Å². The standard InChI is InChI=1S/C14H17N3O7S.Na/c1-3-24-13(21)7-5-15-16-17(7)6-14(2)11(12(19)20)10-8(18)4-9(10)25(14,22)23;/h5,9-11H,3-4,6H2,1-2H3,(H,19,20);/q;+1/p-1/t9?,10?,11-,14-;/m0./s1. The molecule has 136 valence electrons. The maximum absolute atomic E-state index is 12.8. The topological polar surface area (TPSA) is 148 Å². The average Bonchev–Trinajstić information content (AvgIpc) is 3.01. The third-order valence-electron chi connectivity index (χ3n) is 5.06. The van der Waals surface area contributed by atoms with Crippen LogP contribution >= 0.6 is 0 Å². The van der Waals surface area contributed by atoms with Crippen LogP contribution < -0.4 is 34.7 Å². The summed E-state index contributed by atoms with van der Waals surface area (Å²) in [5, 5.41) is 17.8. The van der Waals surface area contributed by atoms with E-state index in [2.05, 4.69) is 10.3 Å². The second-order valence-corrected chi connectivity index (χ2v) is 9.01. The number of aliphatic carboxylic acids is 1. The summed E-state index contributed by atoms with van der Waals surface area (Å²) >= 11 is 0. The van der Waals surface area contributed by atoms with Crippen LogP contribution in [0.2, 0.25) is 0 Å². The summed E-state index contributed by atoms with van der Waals surface area (Å²) in [6, 6.07) is 0. The molecule has 1 aromatic heterocycles. The molecule has 0 spiro atoms. The SMILES string of the molecule is CCOC(=O)c1cnnn1C[C@@]1(C)[C@H](C(=O)[O-])C2C(=O)CC2S1(=O)=O.[Na+]. The summed E-state index contributed by atoms with van der Waals surface area (Å²) in [6.07, 6.45) is 0.908. The van der Waals surface area contributed by atoms with Gasteiger partial charge in [0.25, 0.3) is 0 Å². The number of rotatable bonds is 5. The van der Waals surface area contributed by atoms with Gasteiger partial charge in [-0.25, -0.2) is 17.9 Å². The molecule has 0 N–H and O–H groups in total. The van der Waals surface area contributed by atoms with Gasteiger partial charge >= 0.3 is 35.5 Å². The fourth-order valence-corrected chi connectivity index (χ4v) is 6.40. The van der Waals surface area contributed by atoms with Crippen LogP contribution in [0.5, 0.6) is 0 Å². The van der Waals surface area contributed by atoms with Gasteiger partial charge in [-0.15, -0.1) is 5.10 Å². The minimum absolute atomic E-state index is 0. The summed E-state index contributed by atoms with van der Waals surface area (Å²) in [5.74, 6) is -5.40.